The third-order valence-electron chi connectivity index (χ3n) is 2.61. The summed E-state index contributed by atoms with van der Waals surface area (Å²) in [7, 11) is 0. The topological polar surface area (TPSA) is 29.1 Å². The molecule has 5 heteroatoms. The maximum absolute atomic E-state index is 12.4. The molecule has 21 heavy (non-hydrogen) atoms. The van der Waals surface area contributed by atoms with E-state index in [0.29, 0.717) is 26.5 Å². The summed E-state index contributed by atoms with van der Waals surface area (Å²) >= 11 is 13.5. The van der Waals surface area contributed by atoms with Crippen LogP contribution in [0.1, 0.15) is 24.2 Å². The number of nitrogens with one attached hydrogen (secondary N) is 1. The van der Waals surface area contributed by atoms with Gasteiger partial charge in [-0.3, -0.25) is 4.79 Å². The van der Waals surface area contributed by atoms with Crippen LogP contribution in [0, 0.1) is 0 Å². The predicted molar refractivity (Wildman–Crippen MR) is 91.9 cm³/mol. The number of thioether (sulfide) groups is 1. The second-order valence-electron chi connectivity index (χ2n) is 4.78. The molecule has 2 aromatic rings. The van der Waals surface area contributed by atoms with E-state index < -0.39 is 0 Å². The van der Waals surface area contributed by atoms with Crippen LogP contribution in [-0.4, -0.2) is 11.2 Å². The second kappa shape index (κ2) is 7.21. The fourth-order valence-corrected chi connectivity index (χ4v) is 3.31. The number of hydrogen-bond acceptors (Lipinski definition) is 2. The molecule has 2 aromatic carbocycles. The van der Waals surface area contributed by atoms with Crippen molar-refractivity contribution in [3.63, 3.8) is 0 Å². The van der Waals surface area contributed by atoms with Crippen molar-refractivity contribution in [2.75, 3.05) is 5.32 Å². The summed E-state index contributed by atoms with van der Waals surface area (Å²) in [4.78, 5) is 13.4. The molecule has 2 nitrogen and oxygen atoms in total. The van der Waals surface area contributed by atoms with Crippen molar-refractivity contribution in [1.29, 1.82) is 0 Å². The molecule has 1 amide bonds. The summed E-state index contributed by atoms with van der Waals surface area (Å²) in [6.07, 6.45) is 0. The number of rotatable bonds is 4. The molecule has 110 valence electrons. The van der Waals surface area contributed by atoms with E-state index in [0.717, 1.165) is 4.90 Å². The van der Waals surface area contributed by atoms with E-state index in [1.54, 1.807) is 30.0 Å². The molecule has 0 fully saturated rings. The molecule has 0 aliphatic rings. The van der Waals surface area contributed by atoms with Crippen molar-refractivity contribution in [1.82, 2.24) is 0 Å². The van der Waals surface area contributed by atoms with Gasteiger partial charge < -0.3 is 5.32 Å². The fraction of sp³-hybridized carbons (Fsp3) is 0.188. The Balaban J connectivity index is 2.24. The molecule has 0 unspecified atom stereocenters. The summed E-state index contributed by atoms with van der Waals surface area (Å²) in [6.45, 7) is 4.19. The maximum atomic E-state index is 12.4. The Hall–Kier alpha value is -1.16. The maximum Gasteiger partial charge on any atom is 0.256 e. The minimum atomic E-state index is -0.169. The molecule has 0 aromatic heterocycles. The SMILES string of the molecule is CC(C)Sc1ccccc1C(=O)Nc1cc(Cl)cc(Cl)c1. The summed E-state index contributed by atoms with van der Waals surface area (Å²) in [6, 6.07) is 12.5. The van der Waals surface area contributed by atoms with Crippen LogP contribution in [0.2, 0.25) is 10.0 Å². The van der Waals surface area contributed by atoms with Gasteiger partial charge in [-0.15, -0.1) is 11.8 Å². The van der Waals surface area contributed by atoms with Crippen LogP contribution in [0.15, 0.2) is 47.4 Å². The minimum Gasteiger partial charge on any atom is -0.322 e. The molecular formula is C16H15Cl2NOS. The summed E-state index contributed by atoms with van der Waals surface area (Å²) in [5, 5.41) is 4.21. The quantitative estimate of drug-likeness (QED) is 0.719. The lowest BCUT2D eigenvalue weighted by atomic mass is 10.2. The third kappa shape index (κ3) is 4.67. The standard InChI is InChI=1S/C16H15Cl2NOS/c1-10(2)21-15-6-4-3-5-14(15)16(20)19-13-8-11(17)7-12(18)9-13/h3-10H,1-2H3,(H,19,20). The van der Waals surface area contributed by atoms with Crippen LogP contribution in [0.3, 0.4) is 0 Å². The van der Waals surface area contributed by atoms with Crippen molar-refractivity contribution >= 4 is 46.6 Å². The molecule has 0 saturated heterocycles. The van der Waals surface area contributed by atoms with E-state index in [4.69, 9.17) is 23.2 Å². The Morgan fingerprint density at radius 3 is 2.33 bits per heavy atom. The summed E-state index contributed by atoms with van der Waals surface area (Å²) < 4.78 is 0. The highest BCUT2D eigenvalue weighted by Gasteiger charge is 2.13. The van der Waals surface area contributed by atoms with Crippen molar-refractivity contribution in [2.45, 2.75) is 24.0 Å². The third-order valence-corrected chi connectivity index (χ3v) is 4.13. The average molecular weight is 340 g/mol. The number of hydrogen-bond donors (Lipinski definition) is 1. The number of amides is 1. The molecule has 1 N–H and O–H groups in total. The molecular weight excluding hydrogens is 325 g/mol. The normalized spacial score (nSPS) is 10.7. The molecule has 0 radical (unpaired) electrons. The lowest BCUT2D eigenvalue weighted by Gasteiger charge is -2.12. The average Bonchev–Trinajstić information content (AvgIpc) is 2.37. The molecule has 0 atom stereocenters. The number of carbonyl (C=O) groups excluding carboxylic acids is 1. The largest absolute Gasteiger partial charge is 0.322 e. The Labute approximate surface area is 138 Å². The second-order valence-corrected chi connectivity index (χ2v) is 7.27. The monoisotopic (exact) mass is 339 g/mol. The van der Waals surface area contributed by atoms with E-state index in [1.807, 2.05) is 24.3 Å². The van der Waals surface area contributed by atoms with Gasteiger partial charge in [0, 0.05) is 25.9 Å². The van der Waals surface area contributed by atoms with Gasteiger partial charge in [0.25, 0.3) is 5.91 Å². The smallest absolute Gasteiger partial charge is 0.256 e. The highest BCUT2D eigenvalue weighted by Crippen LogP contribution is 2.28. The lowest BCUT2D eigenvalue weighted by molar-refractivity contribution is 0.102. The summed E-state index contributed by atoms with van der Waals surface area (Å²) in [5.74, 6) is -0.169. The van der Waals surface area contributed by atoms with Gasteiger partial charge in [0.1, 0.15) is 0 Å². The lowest BCUT2D eigenvalue weighted by Crippen LogP contribution is -2.13. The Morgan fingerprint density at radius 2 is 1.71 bits per heavy atom. The van der Waals surface area contributed by atoms with Crippen LogP contribution < -0.4 is 5.32 Å². The van der Waals surface area contributed by atoms with Gasteiger partial charge in [0.05, 0.1) is 5.56 Å². The fourth-order valence-electron chi connectivity index (χ4n) is 1.84. The zero-order valence-corrected chi connectivity index (χ0v) is 14.0. The van der Waals surface area contributed by atoms with Gasteiger partial charge in [-0.2, -0.15) is 0 Å². The highest BCUT2D eigenvalue weighted by atomic mass is 35.5. The van der Waals surface area contributed by atoms with E-state index in [1.165, 1.54) is 0 Å². The first-order valence-corrected chi connectivity index (χ1v) is 8.12. The first-order chi connectivity index (χ1) is 9.95. The van der Waals surface area contributed by atoms with Crippen molar-refractivity contribution in [2.24, 2.45) is 0 Å². The number of halogens is 2. The first kappa shape index (κ1) is 16.2. The van der Waals surface area contributed by atoms with E-state index in [2.05, 4.69) is 19.2 Å². The molecule has 0 saturated carbocycles. The molecule has 0 spiro atoms. The van der Waals surface area contributed by atoms with Crippen molar-refractivity contribution in [3.05, 3.63) is 58.1 Å². The van der Waals surface area contributed by atoms with Gasteiger partial charge in [-0.05, 0) is 30.3 Å². The number of anilines is 1. The van der Waals surface area contributed by atoms with E-state index >= 15 is 0 Å². The van der Waals surface area contributed by atoms with Crippen molar-refractivity contribution < 1.29 is 4.79 Å². The van der Waals surface area contributed by atoms with Gasteiger partial charge in [-0.25, -0.2) is 0 Å². The Morgan fingerprint density at radius 1 is 1.10 bits per heavy atom. The van der Waals surface area contributed by atoms with Gasteiger partial charge in [-0.1, -0.05) is 49.2 Å². The van der Waals surface area contributed by atoms with Crippen LogP contribution in [0.5, 0.6) is 0 Å². The van der Waals surface area contributed by atoms with Crippen LogP contribution in [-0.2, 0) is 0 Å². The highest BCUT2D eigenvalue weighted by molar-refractivity contribution is 8.00. The van der Waals surface area contributed by atoms with Crippen LogP contribution >= 0.6 is 35.0 Å². The summed E-state index contributed by atoms with van der Waals surface area (Å²) in [5.41, 5.74) is 1.23. The molecule has 0 bridgehead atoms. The zero-order chi connectivity index (χ0) is 15.4. The van der Waals surface area contributed by atoms with E-state index in [9.17, 15) is 4.79 Å². The Kier molecular flexibility index (Phi) is 5.57. The van der Waals surface area contributed by atoms with Gasteiger partial charge >= 0.3 is 0 Å². The minimum absolute atomic E-state index is 0.169. The van der Waals surface area contributed by atoms with E-state index in [-0.39, 0.29) is 5.91 Å². The first-order valence-electron chi connectivity index (χ1n) is 6.49. The Bertz CT molecular complexity index is 638. The molecule has 0 heterocycles. The molecule has 0 aliphatic heterocycles. The zero-order valence-electron chi connectivity index (χ0n) is 11.7. The van der Waals surface area contributed by atoms with Crippen LogP contribution in [0.4, 0.5) is 5.69 Å². The van der Waals surface area contributed by atoms with Gasteiger partial charge in [0.2, 0.25) is 0 Å². The number of carbonyl (C=O) groups is 1. The van der Waals surface area contributed by atoms with Crippen LogP contribution in [0.25, 0.3) is 0 Å². The van der Waals surface area contributed by atoms with Gasteiger partial charge in [0.15, 0.2) is 0 Å². The number of benzene rings is 2. The predicted octanol–water partition coefficient (Wildman–Crippen LogP) is 5.75. The molecule has 2 rings (SSSR count). The molecule has 0 aliphatic carbocycles. The van der Waals surface area contributed by atoms with Crippen molar-refractivity contribution in [3.8, 4) is 0 Å².